The Morgan fingerprint density at radius 2 is 2.09 bits per heavy atom. The van der Waals surface area contributed by atoms with E-state index in [9.17, 15) is 4.79 Å². The summed E-state index contributed by atoms with van der Waals surface area (Å²) in [5, 5.41) is 0. The Morgan fingerprint density at radius 3 is 2.36 bits per heavy atom. The van der Waals surface area contributed by atoms with Crippen molar-refractivity contribution in [3.05, 3.63) is 0 Å². The standard InChI is InChI=1S/C7H10Cl2O2/c1-4(2)7(8,9)5-3-6(10)11-5/h4-5H,3H2,1-2H3/t5-/m1/s1. The van der Waals surface area contributed by atoms with Crippen molar-refractivity contribution in [1.82, 2.24) is 0 Å². The normalized spacial score (nSPS) is 24.8. The summed E-state index contributed by atoms with van der Waals surface area (Å²) in [6.45, 7) is 3.79. The summed E-state index contributed by atoms with van der Waals surface area (Å²) in [5.41, 5.74) is 0. The van der Waals surface area contributed by atoms with E-state index < -0.39 is 4.33 Å². The van der Waals surface area contributed by atoms with Gasteiger partial charge < -0.3 is 4.74 Å². The van der Waals surface area contributed by atoms with Gasteiger partial charge in [-0.15, -0.1) is 0 Å². The molecule has 0 N–H and O–H groups in total. The summed E-state index contributed by atoms with van der Waals surface area (Å²) in [6.07, 6.45) is 0.0175. The molecule has 0 unspecified atom stereocenters. The van der Waals surface area contributed by atoms with Crippen molar-refractivity contribution in [2.45, 2.75) is 30.7 Å². The Labute approximate surface area is 75.8 Å². The second kappa shape index (κ2) is 2.83. The Balaban J connectivity index is 2.53. The number of ether oxygens (including phenoxy) is 1. The second-order valence-electron chi connectivity index (χ2n) is 3.01. The van der Waals surface area contributed by atoms with Gasteiger partial charge in [0.05, 0.1) is 6.42 Å². The van der Waals surface area contributed by atoms with Crippen LogP contribution in [0.2, 0.25) is 0 Å². The first-order valence-corrected chi connectivity index (χ1v) is 4.27. The highest BCUT2D eigenvalue weighted by atomic mass is 35.5. The monoisotopic (exact) mass is 196 g/mol. The maximum atomic E-state index is 10.4. The average Bonchev–Trinajstić information content (AvgIpc) is 1.80. The predicted molar refractivity (Wildman–Crippen MR) is 43.8 cm³/mol. The minimum absolute atomic E-state index is 0.0870. The highest BCUT2D eigenvalue weighted by Gasteiger charge is 2.47. The third kappa shape index (κ3) is 1.62. The lowest BCUT2D eigenvalue weighted by molar-refractivity contribution is -0.171. The number of halogens is 2. The largest absolute Gasteiger partial charge is 0.458 e. The summed E-state index contributed by atoms with van der Waals surface area (Å²) >= 11 is 11.9. The minimum Gasteiger partial charge on any atom is -0.458 e. The number of esters is 1. The number of carbonyl (C=O) groups excluding carboxylic acids is 1. The highest BCUT2D eigenvalue weighted by Crippen LogP contribution is 2.40. The van der Waals surface area contributed by atoms with Crippen LogP contribution in [-0.4, -0.2) is 16.4 Å². The van der Waals surface area contributed by atoms with Gasteiger partial charge >= 0.3 is 5.97 Å². The van der Waals surface area contributed by atoms with E-state index in [1.165, 1.54) is 0 Å². The molecule has 0 spiro atoms. The summed E-state index contributed by atoms with van der Waals surface area (Å²) in [4.78, 5) is 10.4. The van der Waals surface area contributed by atoms with Gasteiger partial charge in [0.2, 0.25) is 0 Å². The van der Waals surface area contributed by atoms with E-state index in [4.69, 9.17) is 27.9 Å². The molecule has 1 aliphatic rings. The maximum absolute atomic E-state index is 10.4. The van der Waals surface area contributed by atoms with Crippen molar-refractivity contribution in [3.8, 4) is 0 Å². The number of hydrogen-bond donors (Lipinski definition) is 0. The van der Waals surface area contributed by atoms with Gasteiger partial charge in [-0.2, -0.15) is 0 Å². The molecule has 1 atom stereocenters. The molecule has 1 fully saturated rings. The second-order valence-corrected chi connectivity index (χ2v) is 4.46. The molecule has 0 saturated carbocycles. The molecule has 1 aliphatic heterocycles. The van der Waals surface area contributed by atoms with Crippen LogP contribution in [0.5, 0.6) is 0 Å². The van der Waals surface area contributed by atoms with Crippen molar-refractivity contribution in [2.24, 2.45) is 5.92 Å². The molecular formula is C7H10Cl2O2. The highest BCUT2D eigenvalue weighted by molar-refractivity contribution is 6.49. The number of cyclic esters (lactones) is 1. The summed E-state index contributed by atoms with van der Waals surface area (Å²) in [6, 6.07) is 0. The van der Waals surface area contributed by atoms with Crippen molar-refractivity contribution in [1.29, 1.82) is 0 Å². The summed E-state index contributed by atoms with van der Waals surface area (Å²) < 4.78 is 3.84. The van der Waals surface area contributed by atoms with E-state index in [0.717, 1.165) is 0 Å². The molecule has 1 rings (SSSR count). The van der Waals surface area contributed by atoms with E-state index in [2.05, 4.69) is 0 Å². The molecule has 0 amide bonds. The van der Waals surface area contributed by atoms with Gasteiger partial charge in [-0.25, -0.2) is 0 Å². The first-order valence-electron chi connectivity index (χ1n) is 3.52. The van der Waals surface area contributed by atoms with Gasteiger partial charge in [-0.3, -0.25) is 4.79 Å². The molecule has 11 heavy (non-hydrogen) atoms. The van der Waals surface area contributed by atoms with Crippen LogP contribution in [0.4, 0.5) is 0 Å². The van der Waals surface area contributed by atoms with Crippen molar-refractivity contribution < 1.29 is 9.53 Å². The third-order valence-corrected chi connectivity index (χ3v) is 3.18. The van der Waals surface area contributed by atoms with E-state index >= 15 is 0 Å². The Bertz CT molecular complexity index is 169. The van der Waals surface area contributed by atoms with E-state index in [1.54, 1.807) is 0 Å². The van der Waals surface area contributed by atoms with Crippen LogP contribution in [0.25, 0.3) is 0 Å². The zero-order valence-electron chi connectivity index (χ0n) is 6.43. The van der Waals surface area contributed by atoms with E-state index in [1.807, 2.05) is 13.8 Å². The summed E-state index contributed by atoms with van der Waals surface area (Å²) in [7, 11) is 0. The Kier molecular flexibility index (Phi) is 2.35. The fraction of sp³-hybridized carbons (Fsp3) is 0.857. The molecule has 0 aliphatic carbocycles. The van der Waals surface area contributed by atoms with Gasteiger partial charge in [-0.1, -0.05) is 37.0 Å². The first kappa shape index (κ1) is 9.14. The van der Waals surface area contributed by atoms with Crippen LogP contribution in [0.3, 0.4) is 0 Å². The molecule has 0 aromatic rings. The molecular weight excluding hydrogens is 187 g/mol. The fourth-order valence-electron chi connectivity index (χ4n) is 0.887. The fourth-order valence-corrected chi connectivity index (χ4v) is 1.13. The van der Waals surface area contributed by atoms with Crippen LogP contribution in [-0.2, 0) is 9.53 Å². The molecule has 2 nitrogen and oxygen atoms in total. The van der Waals surface area contributed by atoms with E-state index in [0.29, 0.717) is 6.42 Å². The Hall–Kier alpha value is 0.0500. The van der Waals surface area contributed by atoms with Crippen molar-refractivity contribution >= 4 is 29.2 Å². The number of hydrogen-bond acceptors (Lipinski definition) is 2. The van der Waals surface area contributed by atoms with Gasteiger partial charge in [0.1, 0.15) is 6.10 Å². The van der Waals surface area contributed by atoms with Gasteiger partial charge in [0.25, 0.3) is 0 Å². The zero-order chi connectivity index (χ0) is 8.65. The van der Waals surface area contributed by atoms with Crippen LogP contribution in [0.15, 0.2) is 0 Å². The molecule has 0 bridgehead atoms. The van der Waals surface area contributed by atoms with Gasteiger partial charge in [0, 0.05) is 0 Å². The van der Waals surface area contributed by atoms with Crippen LogP contribution < -0.4 is 0 Å². The van der Waals surface area contributed by atoms with Crippen molar-refractivity contribution in [2.75, 3.05) is 0 Å². The number of alkyl halides is 2. The van der Waals surface area contributed by atoms with Crippen LogP contribution >= 0.6 is 23.2 Å². The lowest BCUT2D eigenvalue weighted by Gasteiger charge is -2.37. The zero-order valence-corrected chi connectivity index (χ0v) is 7.95. The molecule has 4 heteroatoms. The molecule has 1 heterocycles. The molecule has 0 aromatic carbocycles. The number of carbonyl (C=O) groups is 1. The van der Waals surface area contributed by atoms with Gasteiger partial charge in [-0.05, 0) is 5.92 Å². The SMILES string of the molecule is CC(C)C(Cl)(Cl)[C@H]1CC(=O)O1. The number of rotatable bonds is 2. The predicted octanol–water partition coefficient (Wildman–Crippen LogP) is 2.13. The molecule has 0 radical (unpaired) electrons. The topological polar surface area (TPSA) is 26.3 Å². The summed E-state index contributed by atoms with van der Waals surface area (Å²) in [5.74, 6) is -0.134. The maximum Gasteiger partial charge on any atom is 0.310 e. The Morgan fingerprint density at radius 1 is 1.64 bits per heavy atom. The third-order valence-electron chi connectivity index (χ3n) is 1.82. The van der Waals surface area contributed by atoms with E-state index in [-0.39, 0.29) is 18.0 Å². The van der Waals surface area contributed by atoms with Crippen LogP contribution in [0.1, 0.15) is 20.3 Å². The molecule has 0 aromatic heterocycles. The average molecular weight is 197 g/mol. The van der Waals surface area contributed by atoms with Crippen molar-refractivity contribution in [3.63, 3.8) is 0 Å². The lowest BCUT2D eigenvalue weighted by atomic mass is 9.99. The molecule has 1 saturated heterocycles. The first-order chi connectivity index (χ1) is 4.94. The minimum atomic E-state index is -0.923. The van der Waals surface area contributed by atoms with Crippen LogP contribution in [0, 0.1) is 5.92 Å². The smallest absolute Gasteiger partial charge is 0.310 e. The van der Waals surface area contributed by atoms with Gasteiger partial charge in [0.15, 0.2) is 4.33 Å². The molecule has 64 valence electrons. The quantitative estimate of drug-likeness (QED) is 0.500. The lowest BCUT2D eigenvalue weighted by Crippen LogP contribution is -2.48.